The summed E-state index contributed by atoms with van der Waals surface area (Å²) in [5.41, 5.74) is 0.694. The number of hydrogen-bond donors (Lipinski definition) is 1. The van der Waals surface area contributed by atoms with Gasteiger partial charge in [-0.2, -0.15) is 0 Å². The van der Waals surface area contributed by atoms with Crippen molar-refractivity contribution in [1.82, 2.24) is 5.32 Å². The van der Waals surface area contributed by atoms with Crippen LogP contribution in [-0.4, -0.2) is 24.8 Å². The highest BCUT2D eigenvalue weighted by molar-refractivity contribution is 4.93. The van der Waals surface area contributed by atoms with E-state index in [0.717, 1.165) is 19.1 Å². The second-order valence-electron chi connectivity index (χ2n) is 8.13. The molecule has 0 bridgehead atoms. The van der Waals surface area contributed by atoms with Crippen molar-refractivity contribution >= 4 is 0 Å². The smallest absolute Gasteiger partial charge is 0.0685 e. The average Bonchev–Trinajstić information content (AvgIpc) is 2.39. The molecule has 0 aromatic rings. The minimum absolute atomic E-state index is 0.254. The van der Waals surface area contributed by atoms with Gasteiger partial charge in [-0.25, -0.2) is 0 Å². The lowest BCUT2D eigenvalue weighted by Gasteiger charge is -2.48. The lowest BCUT2D eigenvalue weighted by molar-refractivity contribution is -0.134. The van der Waals surface area contributed by atoms with E-state index in [0.29, 0.717) is 11.5 Å². The molecule has 2 fully saturated rings. The van der Waals surface area contributed by atoms with Crippen molar-refractivity contribution in [2.75, 3.05) is 13.2 Å². The fourth-order valence-corrected chi connectivity index (χ4v) is 4.13. The first-order chi connectivity index (χ1) is 9.44. The number of hydrogen-bond acceptors (Lipinski definition) is 2. The van der Waals surface area contributed by atoms with Gasteiger partial charge < -0.3 is 10.1 Å². The van der Waals surface area contributed by atoms with Crippen LogP contribution in [0.5, 0.6) is 0 Å². The van der Waals surface area contributed by atoms with Gasteiger partial charge in [0.1, 0.15) is 0 Å². The Bertz CT molecular complexity index is 286. The summed E-state index contributed by atoms with van der Waals surface area (Å²) < 4.78 is 6.26. The highest BCUT2D eigenvalue weighted by atomic mass is 16.5. The van der Waals surface area contributed by atoms with E-state index >= 15 is 0 Å². The Hall–Kier alpha value is -0.0800. The van der Waals surface area contributed by atoms with Crippen molar-refractivity contribution < 1.29 is 4.74 Å². The van der Waals surface area contributed by atoms with Crippen molar-refractivity contribution in [2.45, 2.75) is 90.7 Å². The van der Waals surface area contributed by atoms with E-state index in [1.54, 1.807) is 0 Å². The molecule has 2 rings (SSSR count). The van der Waals surface area contributed by atoms with Gasteiger partial charge in [-0.15, -0.1) is 0 Å². The maximum atomic E-state index is 6.26. The highest BCUT2D eigenvalue weighted by Crippen LogP contribution is 2.47. The molecule has 118 valence electrons. The quantitative estimate of drug-likeness (QED) is 0.799. The van der Waals surface area contributed by atoms with Gasteiger partial charge in [0.2, 0.25) is 0 Å². The Morgan fingerprint density at radius 2 is 1.90 bits per heavy atom. The first-order valence-electron chi connectivity index (χ1n) is 8.81. The van der Waals surface area contributed by atoms with E-state index in [-0.39, 0.29) is 5.60 Å². The van der Waals surface area contributed by atoms with Crippen molar-refractivity contribution in [3.63, 3.8) is 0 Å². The third kappa shape index (κ3) is 4.21. The molecule has 1 aliphatic carbocycles. The predicted molar refractivity (Wildman–Crippen MR) is 86.0 cm³/mol. The Balaban J connectivity index is 1.89. The zero-order valence-corrected chi connectivity index (χ0v) is 14.1. The summed E-state index contributed by atoms with van der Waals surface area (Å²) in [6.07, 6.45) is 10.6. The lowest BCUT2D eigenvalue weighted by atomic mass is 9.66. The van der Waals surface area contributed by atoms with Crippen LogP contribution in [0.4, 0.5) is 0 Å². The first-order valence-corrected chi connectivity index (χ1v) is 8.81. The Kier molecular flexibility index (Phi) is 5.53. The molecule has 1 N–H and O–H groups in total. The maximum absolute atomic E-state index is 6.26. The molecule has 20 heavy (non-hydrogen) atoms. The van der Waals surface area contributed by atoms with Gasteiger partial charge in [0, 0.05) is 12.6 Å². The average molecular weight is 281 g/mol. The van der Waals surface area contributed by atoms with Crippen LogP contribution in [0.1, 0.15) is 79.1 Å². The summed E-state index contributed by atoms with van der Waals surface area (Å²) in [4.78, 5) is 0. The van der Waals surface area contributed by atoms with Crippen LogP contribution in [0, 0.1) is 11.3 Å². The molecule has 2 heteroatoms. The Morgan fingerprint density at radius 1 is 1.20 bits per heavy atom. The van der Waals surface area contributed by atoms with Gasteiger partial charge in [-0.3, -0.25) is 0 Å². The summed E-state index contributed by atoms with van der Waals surface area (Å²) >= 11 is 0. The monoisotopic (exact) mass is 281 g/mol. The molecule has 1 unspecified atom stereocenters. The second kappa shape index (κ2) is 6.79. The zero-order valence-electron chi connectivity index (χ0n) is 14.1. The van der Waals surface area contributed by atoms with Crippen LogP contribution in [0.15, 0.2) is 0 Å². The molecule has 2 nitrogen and oxygen atoms in total. The van der Waals surface area contributed by atoms with E-state index < -0.39 is 0 Å². The summed E-state index contributed by atoms with van der Waals surface area (Å²) in [5.74, 6) is 0.836. The molecule has 0 aromatic carbocycles. The van der Waals surface area contributed by atoms with Crippen LogP contribution in [-0.2, 0) is 4.74 Å². The molecule has 1 heterocycles. The normalized spacial score (nSPS) is 27.1. The van der Waals surface area contributed by atoms with Crippen LogP contribution in [0.25, 0.3) is 0 Å². The number of rotatable bonds is 5. The molecular formula is C18H35NO. The highest BCUT2D eigenvalue weighted by Gasteiger charge is 2.42. The first kappa shape index (κ1) is 16.3. The Labute approximate surface area is 126 Å². The minimum atomic E-state index is 0.254. The lowest BCUT2D eigenvalue weighted by Crippen LogP contribution is -2.45. The van der Waals surface area contributed by atoms with Gasteiger partial charge in [0.05, 0.1) is 5.60 Å². The van der Waals surface area contributed by atoms with Crippen LogP contribution in [0.3, 0.4) is 0 Å². The van der Waals surface area contributed by atoms with Crippen molar-refractivity contribution in [1.29, 1.82) is 0 Å². The fraction of sp³-hybridized carbons (Fsp3) is 1.00. The van der Waals surface area contributed by atoms with E-state index in [9.17, 15) is 0 Å². The third-order valence-electron chi connectivity index (χ3n) is 5.68. The third-order valence-corrected chi connectivity index (χ3v) is 5.68. The molecule has 2 aliphatic rings. The topological polar surface area (TPSA) is 21.3 Å². The van der Waals surface area contributed by atoms with E-state index in [2.05, 4.69) is 33.0 Å². The van der Waals surface area contributed by atoms with Gasteiger partial charge in [0.25, 0.3) is 0 Å². The SMILES string of the molecule is CC(C)NCCC(C)(C)C1CCOC2(CCCCC2)C1. The van der Waals surface area contributed by atoms with Gasteiger partial charge in [0.15, 0.2) is 0 Å². The van der Waals surface area contributed by atoms with Crippen molar-refractivity contribution in [3.8, 4) is 0 Å². The summed E-state index contributed by atoms with van der Waals surface area (Å²) in [5, 5.41) is 3.58. The van der Waals surface area contributed by atoms with Gasteiger partial charge in [-0.1, -0.05) is 47.0 Å². The maximum Gasteiger partial charge on any atom is 0.0685 e. The van der Waals surface area contributed by atoms with E-state index in [1.165, 1.54) is 51.4 Å². The summed E-state index contributed by atoms with van der Waals surface area (Å²) in [6.45, 7) is 11.6. The number of ether oxygens (including phenoxy) is 1. The molecule has 1 spiro atoms. The summed E-state index contributed by atoms with van der Waals surface area (Å²) in [6, 6.07) is 0.602. The minimum Gasteiger partial charge on any atom is -0.375 e. The van der Waals surface area contributed by atoms with Crippen LogP contribution < -0.4 is 5.32 Å². The Morgan fingerprint density at radius 3 is 2.55 bits per heavy atom. The molecule has 1 aliphatic heterocycles. The van der Waals surface area contributed by atoms with E-state index in [1.807, 2.05) is 0 Å². The van der Waals surface area contributed by atoms with Crippen LogP contribution in [0.2, 0.25) is 0 Å². The van der Waals surface area contributed by atoms with Gasteiger partial charge in [-0.05, 0) is 50.0 Å². The second-order valence-corrected chi connectivity index (χ2v) is 8.13. The molecule has 1 atom stereocenters. The van der Waals surface area contributed by atoms with Crippen LogP contribution >= 0.6 is 0 Å². The molecule has 1 saturated heterocycles. The van der Waals surface area contributed by atoms with Crippen molar-refractivity contribution in [3.05, 3.63) is 0 Å². The predicted octanol–water partition coefficient (Wildman–Crippen LogP) is 4.53. The molecule has 1 saturated carbocycles. The standard InChI is InChI=1S/C18H35NO/c1-15(2)19-12-11-17(3,4)16-8-13-20-18(14-16)9-6-5-7-10-18/h15-16,19H,5-14H2,1-4H3. The molecule has 0 aromatic heterocycles. The van der Waals surface area contributed by atoms with Gasteiger partial charge >= 0.3 is 0 Å². The molecule has 0 amide bonds. The van der Waals surface area contributed by atoms with E-state index in [4.69, 9.17) is 4.74 Å². The largest absolute Gasteiger partial charge is 0.375 e. The molecule has 0 radical (unpaired) electrons. The molecular weight excluding hydrogens is 246 g/mol. The van der Waals surface area contributed by atoms with Crippen molar-refractivity contribution in [2.24, 2.45) is 11.3 Å². The zero-order chi connectivity index (χ0) is 14.6. The fourth-order valence-electron chi connectivity index (χ4n) is 4.13. The summed E-state index contributed by atoms with van der Waals surface area (Å²) in [7, 11) is 0. The number of nitrogens with one attached hydrogen (secondary N) is 1.